The van der Waals surface area contributed by atoms with Crippen LogP contribution in [0.3, 0.4) is 0 Å². The second-order valence-electron chi connectivity index (χ2n) is 3.96. The summed E-state index contributed by atoms with van der Waals surface area (Å²) < 4.78 is 40.1. The van der Waals surface area contributed by atoms with E-state index in [1.807, 2.05) is 0 Å². The minimum Gasteiger partial charge on any atom is -0.330 e. The molecule has 0 amide bonds. The summed E-state index contributed by atoms with van der Waals surface area (Å²) in [6.07, 6.45) is 0.460. The summed E-state index contributed by atoms with van der Waals surface area (Å²) in [5.74, 6) is -0.569. The SMILES string of the molecule is CN(C)S(=O)(=O)N(CCCN)c1ccccc1F. The van der Waals surface area contributed by atoms with Crippen LogP contribution in [0.5, 0.6) is 0 Å². The van der Waals surface area contributed by atoms with Crippen LogP contribution in [0.15, 0.2) is 24.3 Å². The van der Waals surface area contributed by atoms with Gasteiger partial charge in [-0.2, -0.15) is 12.7 Å². The highest BCUT2D eigenvalue weighted by atomic mass is 32.2. The van der Waals surface area contributed by atoms with E-state index in [0.29, 0.717) is 13.0 Å². The standard InChI is InChI=1S/C11H18FN3O2S/c1-14(2)18(16,17)15(9-5-8-13)11-7-4-3-6-10(11)12/h3-4,6-7H,5,8-9,13H2,1-2H3. The number of hydrogen-bond acceptors (Lipinski definition) is 3. The number of rotatable bonds is 6. The van der Waals surface area contributed by atoms with Crippen LogP contribution in [-0.2, 0) is 10.2 Å². The Morgan fingerprint density at radius 2 is 1.89 bits per heavy atom. The van der Waals surface area contributed by atoms with E-state index in [2.05, 4.69) is 0 Å². The van der Waals surface area contributed by atoms with Gasteiger partial charge in [-0.15, -0.1) is 0 Å². The Labute approximate surface area is 107 Å². The predicted octanol–water partition coefficient (Wildman–Crippen LogP) is 0.787. The van der Waals surface area contributed by atoms with Crippen LogP contribution < -0.4 is 10.0 Å². The average Bonchev–Trinajstić information content (AvgIpc) is 2.31. The third-order valence-electron chi connectivity index (χ3n) is 2.43. The van der Waals surface area contributed by atoms with Gasteiger partial charge in [0.05, 0.1) is 5.69 Å². The molecule has 18 heavy (non-hydrogen) atoms. The van der Waals surface area contributed by atoms with E-state index >= 15 is 0 Å². The molecule has 0 unspecified atom stereocenters. The average molecular weight is 275 g/mol. The summed E-state index contributed by atoms with van der Waals surface area (Å²) in [5.41, 5.74) is 5.42. The molecule has 0 spiro atoms. The first kappa shape index (κ1) is 14.9. The van der Waals surface area contributed by atoms with Gasteiger partial charge in [0.25, 0.3) is 0 Å². The van der Waals surface area contributed by atoms with Gasteiger partial charge < -0.3 is 5.73 Å². The van der Waals surface area contributed by atoms with Crippen LogP contribution in [0.25, 0.3) is 0 Å². The number of nitrogens with two attached hydrogens (primary N) is 1. The highest BCUT2D eigenvalue weighted by molar-refractivity contribution is 7.90. The van der Waals surface area contributed by atoms with E-state index in [0.717, 1.165) is 8.61 Å². The van der Waals surface area contributed by atoms with Crippen molar-refractivity contribution >= 4 is 15.9 Å². The number of para-hydroxylation sites is 1. The second-order valence-corrected chi connectivity index (χ2v) is 6.02. The summed E-state index contributed by atoms with van der Waals surface area (Å²) in [4.78, 5) is 0. The lowest BCUT2D eigenvalue weighted by molar-refractivity contribution is 0.512. The second kappa shape index (κ2) is 6.12. The topological polar surface area (TPSA) is 66.6 Å². The fourth-order valence-corrected chi connectivity index (χ4v) is 2.60. The number of anilines is 1. The molecule has 1 rings (SSSR count). The van der Waals surface area contributed by atoms with Crippen LogP contribution in [0.2, 0.25) is 0 Å². The Balaban J connectivity index is 3.18. The zero-order chi connectivity index (χ0) is 13.8. The maximum Gasteiger partial charge on any atom is 0.303 e. The lowest BCUT2D eigenvalue weighted by Crippen LogP contribution is -2.41. The third kappa shape index (κ3) is 3.18. The van der Waals surface area contributed by atoms with Crippen molar-refractivity contribution in [1.82, 2.24) is 4.31 Å². The molecule has 0 bridgehead atoms. The van der Waals surface area contributed by atoms with Crippen LogP contribution in [-0.4, -0.2) is 39.9 Å². The summed E-state index contributed by atoms with van der Waals surface area (Å²) in [5, 5.41) is 0. The molecule has 0 aliphatic heterocycles. The molecule has 1 aromatic carbocycles. The fourth-order valence-electron chi connectivity index (χ4n) is 1.45. The lowest BCUT2D eigenvalue weighted by Gasteiger charge is -2.27. The van der Waals surface area contributed by atoms with Crippen LogP contribution in [0.1, 0.15) is 6.42 Å². The van der Waals surface area contributed by atoms with E-state index in [1.54, 1.807) is 6.07 Å². The summed E-state index contributed by atoms with van der Waals surface area (Å²) in [6, 6.07) is 5.78. The van der Waals surface area contributed by atoms with Gasteiger partial charge in [0, 0.05) is 20.6 Å². The van der Waals surface area contributed by atoms with Crippen molar-refractivity contribution in [1.29, 1.82) is 0 Å². The largest absolute Gasteiger partial charge is 0.330 e. The van der Waals surface area contributed by atoms with Crippen molar-refractivity contribution in [3.05, 3.63) is 30.1 Å². The summed E-state index contributed by atoms with van der Waals surface area (Å²) in [7, 11) is -0.899. The first-order valence-corrected chi connectivity index (χ1v) is 6.95. The highest BCUT2D eigenvalue weighted by Gasteiger charge is 2.26. The molecule has 102 valence electrons. The van der Waals surface area contributed by atoms with E-state index in [4.69, 9.17) is 5.73 Å². The lowest BCUT2D eigenvalue weighted by atomic mass is 10.3. The maximum atomic E-state index is 13.7. The van der Waals surface area contributed by atoms with Crippen molar-refractivity contribution in [2.24, 2.45) is 5.73 Å². The van der Waals surface area contributed by atoms with Crippen LogP contribution in [0, 0.1) is 5.82 Å². The number of benzene rings is 1. The molecule has 0 aliphatic rings. The number of hydrogen-bond donors (Lipinski definition) is 1. The molecule has 1 aromatic rings. The number of halogens is 1. The Hall–Kier alpha value is -1.18. The molecule has 0 aromatic heterocycles. The van der Waals surface area contributed by atoms with E-state index < -0.39 is 16.0 Å². The molecule has 0 fully saturated rings. The Morgan fingerprint density at radius 1 is 1.28 bits per heavy atom. The van der Waals surface area contributed by atoms with Crippen molar-refractivity contribution in [3.63, 3.8) is 0 Å². The molecule has 0 saturated carbocycles. The Kier molecular flexibility index (Phi) is 5.06. The minimum atomic E-state index is -3.72. The van der Waals surface area contributed by atoms with E-state index in [1.165, 1.54) is 32.3 Å². The van der Waals surface area contributed by atoms with Gasteiger partial charge in [-0.3, -0.25) is 4.31 Å². The molecule has 0 saturated heterocycles. The zero-order valence-electron chi connectivity index (χ0n) is 10.5. The molecule has 5 nitrogen and oxygen atoms in total. The Bertz CT molecular complexity index is 491. The molecule has 0 radical (unpaired) electrons. The molecule has 0 heterocycles. The van der Waals surface area contributed by atoms with Crippen LogP contribution in [0.4, 0.5) is 10.1 Å². The maximum absolute atomic E-state index is 13.7. The minimum absolute atomic E-state index is 0.0413. The molecule has 7 heteroatoms. The van der Waals surface area contributed by atoms with Gasteiger partial charge in [-0.05, 0) is 25.1 Å². The van der Waals surface area contributed by atoms with Gasteiger partial charge in [-0.1, -0.05) is 12.1 Å². The molecule has 0 atom stereocenters. The van der Waals surface area contributed by atoms with Gasteiger partial charge in [0.1, 0.15) is 5.82 Å². The van der Waals surface area contributed by atoms with Crippen molar-refractivity contribution in [2.45, 2.75) is 6.42 Å². The fraction of sp³-hybridized carbons (Fsp3) is 0.455. The Morgan fingerprint density at radius 3 is 2.39 bits per heavy atom. The van der Waals surface area contributed by atoms with Gasteiger partial charge in [0.15, 0.2) is 0 Å². The monoisotopic (exact) mass is 275 g/mol. The van der Waals surface area contributed by atoms with Gasteiger partial charge in [0.2, 0.25) is 0 Å². The highest BCUT2D eigenvalue weighted by Crippen LogP contribution is 2.22. The third-order valence-corrected chi connectivity index (χ3v) is 4.29. The van der Waals surface area contributed by atoms with E-state index in [9.17, 15) is 12.8 Å². The van der Waals surface area contributed by atoms with E-state index in [-0.39, 0.29) is 12.2 Å². The molecule has 0 aliphatic carbocycles. The summed E-state index contributed by atoms with van der Waals surface area (Å²) in [6.45, 7) is 0.492. The van der Waals surface area contributed by atoms with Crippen LogP contribution >= 0.6 is 0 Å². The quantitative estimate of drug-likeness (QED) is 0.834. The van der Waals surface area contributed by atoms with Crippen molar-refractivity contribution in [3.8, 4) is 0 Å². The smallest absolute Gasteiger partial charge is 0.303 e. The van der Waals surface area contributed by atoms with Crippen molar-refractivity contribution < 1.29 is 12.8 Å². The predicted molar refractivity (Wildman–Crippen MR) is 70.0 cm³/mol. The van der Waals surface area contributed by atoms with Gasteiger partial charge >= 0.3 is 10.2 Å². The first-order valence-electron chi connectivity index (χ1n) is 5.56. The zero-order valence-corrected chi connectivity index (χ0v) is 11.3. The molecular formula is C11H18FN3O2S. The van der Waals surface area contributed by atoms with Gasteiger partial charge in [-0.25, -0.2) is 4.39 Å². The first-order chi connectivity index (χ1) is 8.41. The normalized spacial score (nSPS) is 11.8. The molecular weight excluding hydrogens is 257 g/mol. The summed E-state index contributed by atoms with van der Waals surface area (Å²) >= 11 is 0. The van der Waals surface area contributed by atoms with Crippen molar-refractivity contribution in [2.75, 3.05) is 31.5 Å². The number of nitrogens with zero attached hydrogens (tertiary/aromatic N) is 2. The molecule has 2 N–H and O–H groups in total.